The van der Waals surface area contributed by atoms with Gasteiger partial charge in [0.25, 0.3) is 0 Å². The molecule has 0 saturated carbocycles. The van der Waals surface area contributed by atoms with Crippen molar-refractivity contribution in [3.05, 3.63) is 53.1 Å². The zero-order valence-corrected chi connectivity index (χ0v) is 9.90. The van der Waals surface area contributed by atoms with Crippen LogP contribution in [0.3, 0.4) is 0 Å². The summed E-state index contributed by atoms with van der Waals surface area (Å²) in [5, 5.41) is 9.71. The Balaban J connectivity index is 2.69. The van der Waals surface area contributed by atoms with E-state index >= 15 is 0 Å². The molecule has 0 spiro atoms. The van der Waals surface area contributed by atoms with Crippen LogP contribution in [0.5, 0.6) is 5.75 Å². The number of phenols is 1. The van der Waals surface area contributed by atoms with Crippen molar-refractivity contribution in [1.29, 1.82) is 0 Å². The summed E-state index contributed by atoms with van der Waals surface area (Å²) < 4.78 is 0. The van der Waals surface area contributed by atoms with Crippen LogP contribution in [0.2, 0.25) is 0 Å². The number of benzene rings is 2. The largest absolute Gasteiger partial charge is 0.508 e. The number of hydrogen-bond donors (Lipinski definition) is 1. The van der Waals surface area contributed by atoms with E-state index in [1.165, 1.54) is 0 Å². The van der Waals surface area contributed by atoms with Crippen LogP contribution in [-0.4, -0.2) is 11.4 Å². The lowest BCUT2D eigenvalue weighted by molar-refractivity contribution is 0.112. The molecule has 0 radical (unpaired) electrons. The summed E-state index contributed by atoms with van der Waals surface area (Å²) in [6.07, 6.45) is 0.858. The van der Waals surface area contributed by atoms with Crippen molar-refractivity contribution < 1.29 is 9.90 Å². The molecule has 0 atom stereocenters. The van der Waals surface area contributed by atoms with Crippen molar-refractivity contribution in [3.8, 4) is 16.9 Å². The molecule has 0 aromatic heterocycles. The fourth-order valence-electron chi connectivity index (χ4n) is 1.99. The van der Waals surface area contributed by atoms with Crippen molar-refractivity contribution in [2.24, 2.45) is 0 Å². The Labute approximate surface area is 101 Å². The summed E-state index contributed by atoms with van der Waals surface area (Å²) >= 11 is 0. The van der Waals surface area contributed by atoms with Crippen LogP contribution >= 0.6 is 0 Å². The standard InChI is InChI=1S/C15H14O2/c1-10-12(9-16)5-3-6-13(10)14-7-4-8-15(17)11(14)2/h3-9,17H,1-2H3. The van der Waals surface area contributed by atoms with Gasteiger partial charge in [-0.15, -0.1) is 0 Å². The van der Waals surface area contributed by atoms with E-state index in [1.54, 1.807) is 12.1 Å². The summed E-state index contributed by atoms with van der Waals surface area (Å²) in [6, 6.07) is 11.0. The summed E-state index contributed by atoms with van der Waals surface area (Å²) in [5.74, 6) is 0.276. The van der Waals surface area contributed by atoms with E-state index in [4.69, 9.17) is 0 Å². The zero-order chi connectivity index (χ0) is 12.4. The molecule has 0 amide bonds. The minimum Gasteiger partial charge on any atom is -0.508 e. The molecular formula is C15H14O2. The van der Waals surface area contributed by atoms with Gasteiger partial charge in [0.1, 0.15) is 12.0 Å². The maximum Gasteiger partial charge on any atom is 0.150 e. The molecule has 86 valence electrons. The van der Waals surface area contributed by atoms with E-state index in [-0.39, 0.29) is 5.75 Å². The first-order valence-corrected chi connectivity index (χ1v) is 5.49. The van der Waals surface area contributed by atoms with Crippen molar-refractivity contribution in [2.75, 3.05) is 0 Å². The Kier molecular flexibility index (Phi) is 2.96. The fourth-order valence-corrected chi connectivity index (χ4v) is 1.99. The highest BCUT2D eigenvalue weighted by molar-refractivity contribution is 5.83. The van der Waals surface area contributed by atoms with Gasteiger partial charge in [0.15, 0.2) is 0 Å². The molecule has 0 unspecified atom stereocenters. The third-order valence-electron chi connectivity index (χ3n) is 3.10. The van der Waals surface area contributed by atoms with Crippen LogP contribution in [0.15, 0.2) is 36.4 Å². The molecule has 2 aromatic carbocycles. The van der Waals surface area contributed by atoms with Crippen LogP contribution in [0.1, 0.15) is 21.5 Å². The van der Waals surface area contributed by atoms with Gasteiger partial charge in [-0.25, -0.2) is 0 Å². The first-order valence-electron chi connectivity index (χ1n) is 5.49. The highest BCUT2D eigenvalue weighted by Gasteiger charge is 2.09. The van der Waals surface area contributed by atoms with Gasteiger partial charge in [-0.1, -0.05) is 30.3 Å². The highest BCUT2D eigenvalue weighted by atomic mass is 16.3. The molecule has 0 heterocycles. The van der Waals surface area contributed by atoms with Crippen molar-refractivity contribution in [3.63, 3.8) is 0 Å². The highest BCUT2D eigenvalue weighted by Crippen LogP contribution is 2.31. The quantitative estimate of drug-likeness (QED) is 0.796. The number of carbonyl (C=O) groups is 1. The average molecular weight is 226 g/mol. The van der Waals surface area contributed by atoms with Crippen LogP contribution < -0.4 is 0 Å². The molecular weight excluding hydrogens is 212 g/mol. The minimum atomic E-state index is 0.276. The number of aldehydes is 1. The second-order valence-corrected chi connectivity index (χ2v) is 4.09. The predicted molar refractivity (Wildman–Crippen MR) is 68.4 cm³/mol. The monoisotopic (exact) mass is 226 g/mol. The summed E-state index contributed by atoms with van der Waals surface area (Å²) in [6.45, 7) is 3.79. The first kappa shape index (κ1) is 11.4. The summed E-state index contributed by atoms with van der Waals surface area (Å²) in [5.41, 5.74) is 4.41. The Morgan fingerprint density at radius 3 is 2.18 bits per heavy atom. The molecule has 0 bridgehead atoms. The SMILES string of the molecule is Cc1c(O)cccc1-c1cccc(C=O)c1C. The van der Waals surface area contributed by atoms with Crippen molar-refractivity contribution in [1.82, 2.24) is 0 Å². The molecule has 1 N–H and O–H groups in total. The lowest BCUT2D eigenvalue weighted by Crippen LogP contribution is -1.92. The maximum absolute atomic E-state index is 10.9. The normalized spacial score (nSPS) is 10.2. The van der Waals surface area contributed by atoms with Crippen LogP contribution in [-0.2, 0) is 0 Å². The Hall–Kier alpha value is -2.09. The van der Waals surface area contributed by atoms with Gasteiger partial charge in [-0.3, -0.25) is 4.79 Å². The van der Waals surface area contributed by atoms with E-state index in [0.717, 1.165) is 28.5 Å². The summed E-state index contributed by atoms with van der Waals surface area (Å²) in [7, 11) is 0. The van der Waals surface area contributed by atoms with Crippen LogP contribution in [0.25, 0.3) is 11.1 Å². The molecule has 0 fully saturated rings. The number of rotatable bonds is 2. The molecule has 0 aliphatic rings. The lowest BCUT2D eigenvalue weighted by Gasteiger charge is -2.11. The van der Waals surface area contributed by atoms with Gasteiger partial charge in [-0.05, 0) is 42.2 Å². The Morgan fingerprint density at radius 1 is 0.941 bits per heavy atom. The second kappa shape index (κ2) is 4.42. The minimum absolute atomic E-state index is 0.276. The zero-order valence-electron chi connectivity index (χ0n) is 9.90. The molecule has 2 aromatic rings. The van der Waals surface area contributed by atoms with E-state index in [1.807, 2.05) is 38.1 Å². The van der Waals surface area contributed by atoms with Crippen LogP contribution in [0.4, 0.5) is 0 Å². The predicted octanol–water partition coefficient (Wildman–Crippen LogP) is 3.49. The third-order valence-corrected chi connectivity index (χ3v) is 3.10. The Bertz CT molecular complexity index is 571. The number of carbonyl (C=O) groups excluding carboxylic acids is 1. The molecule has 2 heteroatoms. The number of hydrogen-bond acceptors (Lipinski definition) is 2. The van der Waals surface area contributed by atoms with Crippen molar-refractivity contribution >= 4 is 6.29 Å². The van der Waals surface area contributed by atoms with Gasteiger partial charge >= 0.3 is 0 Å². The van der Waals surface area contributed by atoms with Crippen molar-refractivity contribution in [2.45, 2.75) is 13.8 Å². The molecule has 17 heavy (non-hydrogen) atoms. The molecule has 2 nitrogen and oxygen atoms in total. The third kappa shape index (κ3) is 1.94. The second-order valence-electron chi connectivity index (χ2n) is 4.09. The first-order chi connectivity index (χ1) is 8.15. The smallest absolute Gasteiger partial charge is 0.150 e. The molecule has 0 aliphatic carbocycles. The topological polar surface area (TPSA) is 37.3 Å². The molecule has 0 saturated heterocycles. The van der Waals surface area contributed by atoms with E-state index in [2.05, 4.69) is 0 Å². The van der Waals surface area contributed by atoms with Gasteiger partial charge < -0.3 is 5.11 Å². The van der Waals surface area contributed by atoms with Gasteiger partial charge in [-0.2, -0.15) is 0 Å². The molecule has 0 aliphatic heterocycles. The van der Waals surface area contributed by atoms with Gasteiger partial charge in [0.2, 0.25) is 0 Å². The average Bonchev–Trinajstić information content (AvgIpc) is 2.33. The lowest BCUT2D eigenvalue weighted by atomic mass is 9.94. The Morgan fingerprint density at radius 2 is 1.53 bits per heavy atom. The van der Waals surface area contributed by atoms with E-state index in [9.17, 15) is 9.90 Å². The van der Waals surface area contributed by atoms with E-state index in [0.29, 0.717) is 5.56 Å². The number of phenolic OH excluding ortho intramolecular Hbond substituents is 1. The van der Waals surface area contributed by atoms with E-state index < -0.39 is 0 Å². The van der Waals surface area contributed by atoms with Crippen LogP contribution in [0, 0.1) is 13.8 Å². The molecule has 2 rings (SSSR count). The van der Waals surface area contributed by atoms with Gasteiger partial charge in [0.05, 0.1) is 0 Å². The maximum atomic E-state index is 10.9. The van der Waals surface area contributed by atoms with Gasteiger partial charge in [0, 0.05) is 5.56 Å². The fraction of sp³-hybridized carbons (Fsp3) is 0.133. The number of aromatic hydroxyl groups is 1. The summed E-state index contributed by atoms with van der Waals surface area (Å²) in [4.78, 5) is 10.9.